The van der Waals surface area contributed by atoms with Crippen LogP contribution in [-0.2, 0) is 15.0 Å². The molecule has 1 aliphatic rings. The lowest BCUT2D eigenvalue weighted by Crippen LogP contribution is -2.52. The molecule has 1 heterocycles. The van der Waals surface area contributed by atoms with Crippen LogP contribution in [0.5, 0.6) is 0 Å². The van der Waals surface area contributed by atoms with Gasteiger partial charge in [-0.05, 0) is 17.0 Å². The average molecular weight is 333 g/mol. The number of hydrogen-bond acceptors (Lipinski definition) is 4. The number of nitrogens with one attached hydrogen (secondary N) is 1. The van der Waals surface area contributed by atoms with Gasteiger partial charge in [-0.1, -0.05) is 39.0 Å². The van der Waals surface area contributed by atoms with E-state index >= 15 is 0 Å². The molecule has 0 saturated carbocycles. The predicted octanol–water partition coefficient (Wildman–Crippen LogP) is 1.06. The molecule has 1 aromatic carbocycles. The number of β-amino-alcohol motifs (C(OH)–C–C–N with tert-alkyl or cyclic N) is 1. The number of hydrogen-bond donors (Lipinski definition) is 2. The van der Waals surface area contributed by atoms with Crippen molar-refractivity contribution in [3.05, 3.63) is 29.8 Å². The highest BCUT2D eigenvalue weighted by Crippen LogP contribution is 2.29. The fourth-order valence-electron chi connectivity index (χ4n) is 2.88. The summed E-state index contributed by atoms with van der Waals surface area (Å²) < 4.78 is 0. The zero-order chi connectivity index (χ0) is 17.7. The van der Waals surface area contributed by atoms with Gasteiger partial charge in [-0.2, -0.15) is 0 Å². The van der Waals surface area contributed by atoms with Gasteiger partial charge in [0.2, 0.25) is 0 Å². The van der Waals surface area contributed by atoms with Gasteiger partial charge in [0.25, 0.3) is 0 Å². The number of aliphatic hydroxyl groups excluding tert-OH is 1. The highest BCUT2D eigenvalue weighted by Gasteiger charge is 2.27. The summed E-state index contributed by atoms with van der Waals surface area (Å²) in [6.07, 6.45) is 0. The molecule has 0 unspecified atom stereocenters. The Morgan fingerprint density at radius 1 is 1.12 bits per heavy atom. The molecule has 0 radical (unpaired) electrons. The molecule has 2 N–H and O–H groups in total. The van der Waals surface area contributed by atoms with E-state index in [9.17, 15) is 9.59 Å². The van der Waals surface area contributed by atoms with E-state index in [1.54, 1.807) is 4.90 Å². The zero-order valence-electron chi connectivity index (χ0n) is 14.7. The lowest BCUT2D eigenvalue weighted by Gasteiger charge is -2.34. The molecule has 132 valence electrons. The Kier molecular flexibility index (Phi) is 5.96. The Morgan fingerprint density at radius 3 is 2.33 bits per heavy atom. The highest BCUT2D eigenvalue weighted by atomic mass is 16.3. The molecule has 0 aliphatic carbocycles. The van der Waals surface area contributed by atoms with E-state index in [-0.39, 0.29) is 12.0 Å². The summed E-state index contributed by atoms with van der Waals surface area (Å²) >= 11 is 0. The first kappa shape index (κ1) is 18.4. The van der Waals surface area contributed by atoms with E-state index < -0.39 is 11.8 Å². The fourth-order valence-corrected chi connectivity index (χ4v) is 2.88. The van der Waals surface area contributed by atoms with Gasteiger partial charge < -0.3 is 15.3 Å². The number of amides is 2. The predicted molar refractivity (Wildman–Crippen MR) is 93.9 cm³/mol. The maximum atomic E-state index is 12.4. The van der Waals surface area contributed by atoms with Crippen molar-refractivity contribution < 1.29 is 14.7 Å². The lowest BCUT2D eigenvalue weighted by molar-refractivity contribution is -0.144. The third kappa shape index (κ3) is 4.55. The Morgan fingerprint density at radius 2 is 1.75 bits per heavy atom. The van der Waals surface area contributed by atoms with Gasteiger partial charge in [0, 0.05) is 38.4 Å². The summed E-state index contributed by atoms with van der Waals surface area (Å²) in [5, 5.41) is 11.7. The molecule has 1 aliphatic heterocycles. The number of para-hydroxylation sites is 1. The Bertz CT molecular complexity index is 587. The molecule has 0 spiro atoms. The van der Waals surface area contributed by atoms with Crippen LogP contribution in [0.25, 0.3) is 0 Å². The van der Waals surface area contributed by atoms with Gasteiger partial charge in [-0.15, -0.1) is 0 Å². The van der Waals surface area contributed by atoms with Crippen LogP contribution in [-0.4, -0.2) is 66.1 Å². The number of nitrogens with zero attached hydrogens (tertiary/aromatic N) is 2. The quantitative estimate of drug-likeness (QED) is 0.811. The van der Waals surface area contributed by atoms with Crippen LogP contribution in [0.3, 0.4) is 0 Å². The first-order valence-corrected chi connectivity index (χ1v) is 8.36. The van der Waals surface area contributed by atoms with Crippen molar-refractivity contribution >= 4 is 17.5 Å². The summed E-state index contributed by atoms with van der Waals surface area (Å²) in [6, 6.07) is 7.57. The lowest BCUT2D eigenvalue weighted by atomic mass is 9.86. The largest absolute Gasteiger partial charge is 0.395 e. The SMILES string of the molecule is CC(C)(C)c1ccccc1NC(=O)C(=O)N1CCN(CCO)CC1. The normalized spacial score (nSPS) is 16.1. The van der Waals surface area contributed by atoms with Crippen LogP contribution in [0.1, 0.15) is 26.3 Å². The molecule has 1 fully saturated rings. The number of carbonyl (C=O) groups is 2. The second-order valence-electron chi connectivity index (χ2n) is 7.11. The van der Waals surface area contributed by atoms with Crippen LogP contribution in [0.4, 0.5) is 5.69 Å². The maximum Gasteiger partial charge on any atom is 0.313 e. The van der Waals surface area contributed by atoms with E-state index in [2.05, 4.69) is 31.0 Å². The minimum atomic E-state index is -0.595. The molecule has 1 aromatic rings. The number of anilines is 1. The summed E-state index contributed by atoms with van der Waals surface area (Å²) in [6.45, 7) is 9.29. The summed E-state index contributed by atoms with van der Waals surface area (Å²) in [5.41, 5.74) is 1.56. The van der Waals surface area contributed by atoms with Gasteiger partial charge in [-0.25, -0.2) is 0 Å². The summed E-state index contributed by atoms with van der Waals surface area (Å²) in [5.74, 6) is -1.09. The number of aliphatic hydroxyl groups is 1. The zero-order valence-corrected chi connectivity index (χ0v) is 14.7. The first-order chi connectivity index (χ1) is 11.3. The van der Waals surface area contributed by atoms with Crippen molar-refractivity contribution in [2.45, 2.75) is 26.2 Å². The molecule has 6 nitrogen and oxygen atoms in total. The second-order valence-corrected chi connectivity index (χ2v) is 7.11. The Labute approximate surface area is 143 Å². The first-order valence-electron chi connectivity index (χ1n) is 8.36. The average Bonchev–Trinajstić information content (AvgIpc) is 2.54. The molecule has 24 heavy (non-hydrogen) atoms. The summed E-state index contributed by atoms with van der Waals surface area (Å²) in [4.78, 5) is 28.4. The van der Waals surface area contributed by atoms with Gasteiger partial charge in [0.1, 0.15) is 0 Å². The Balaban J connectivity index is 2.00. The van der Waals surface area contributed by atoms with Crippen LogP contribution in [0, 0.1) is 0 Å². The van der Waals surface area contributed by atoms with E-state index in [1.807, 2.05) is 24.3 Å². The highest BCUT2D eigenvalue weighted by molar-refractivity contribution is 6.39. The third-order valence-electron chi connectivity index (χ3n) is 4.25. The van der Waals surface area contributed by atoms with E-state index in [0.717, 1.165) is 5.56 Å². The molecular weight excluding hydrogens is 306 g/mol. The number of carbonyl (C=O) groups excluding carboxylic acids is 2. The minimum Gasteiger partial charge on any atom is -0.395 e. The Hall–Kier alpha value is -1.92. The van der Waals surface area contributed by atoms with Crippen molar-refractivity contribution in [3.8, 4) is 0 Å². The molecule has 6 heteroatoms. The van der Waals surface area contributed by atoms with Crippen LogP contribution in [0.2, 0.25) is 0 Å². The minimum absolute atomic E-state index is 0.109. The third-order valence-corrected chi connectivity index (χ3v) is 4.25. The van der Waals surface area contributed by atoms with Crippen LogP contribution >= 0.6 is 0 Å². The van der Waals surface area contributed by atoms with Gasteiger partial charge in [-0.3, -0.25) is 14.5 Å². The van der Waals surface area contributed by atoms with Crippen molar-refractivity contribution in [2.75, 3.05) is 44.6 Å². The topological polar surface area (TPSA) is 72.9 Å². The van der Waals surface area contributed by atoms with E-state index in [1.165, 1.54) is 0 Å². The van der Waals surface area contributed by atoms with Crippen LogP contribution in [0.15, 0.2) is 24.3 Å². The number of rotatable bonds is 3. The molecule has 2 rings (SSSR count). The van der Waals surface area contributed by atoms with E-state index in [0.29, 0.717) is 38.4 Å². The molecular formula is C18H27N3O3. The van der Waals surface area contributed by atoms with Crippen molar-refractivity contribution in [2.24, 2.45) is 0 Å². The monoisotopic (exact) mass is 333 g/mol. The molecule has 2 amide bonds. The second kappa shape index (κ2) is 7.77. The summed E-state index contributed by atoms with van der Waals surface area (Å²) in [7, 11) is 0. The number of benzene rings is 1. The maximum absolute atomic E-state index is 12.4. The van der Waals surface area contributed by atoms with Gasteiger partial charge in [0.05, 0.1) is 6.61 Å². The standard InChI is InChI=1S/C18H27N3O3/c1-18(2,3)14-6-4-5-7-15(14)19-16(23)17(24)21-10-8-20(9-11-21)12-13-22/h4-7,22H,8-13H2,1-3H3,(H,19,23). The molecule has 0 atom stereocenters. The van der Waals surface area contributed by atoms with Crippen molar-refractivity contribution in [1.29, 1.82) is 0 Å². The molecule has 0 bridgehead atoms. The molecule has 1 saturated heterocycles. The number of piperazine rings is 1. The van der Waals surface area contributed by atoms with E-state index in [4.69, 9.17) is 5.11 Å². The smallest absolute Gasteiger partial charge is 0.313 e. The van der Waals surface area contributed by atoms with Gasteiger partial charge in [0.15, 0.2) is 0 Å². The van der Waals surface area contributed by atoms with Crippen molar-refractivity contribution in [3.63, 3.8) is 0 Å². The van der Waals surface area contributed by atoms with Crippen LogP contribution < -0.4 is 5.32 Å². The molecule has 0 aromatic heterocycles. The van der Waals surface area contributed by atoms with Crippen molar-refractivity contribution in [1.82, 2.24) is 9.80 Å². The van der Waals surface area contributed by atoms with Gasteiger partial charge >= 0.3 is 11.8 Å². The fraction of sp³-hybridized carbons (Fsp3) is 0.556.